The van der Waals surface area contributed by atoms with Gasteiger partial charge in [0, 0.05) is 19.3 Å². The fraction of sp³-hybridized carbons (Fsp3) is 0.647. The van der Waals surface area contributed by atoms with E-state index in [1.165, 1.54) is 11.1 Å². The maximum atomic E-state index is 6.14. The van der Waals surface area contributed by atoms with E-state index in [1.807, 2.05) is 0 Å². The molecule has 1 unspecified atom stereocenters. The minimum Gasteiger partial charge on any atom is -0.493 e. The van der Waals surface area contributed by atoms with Crippen LogP contribution >= 0.6 is 0 Å². The average molecular weight is 277 g/mol. The minimum absolute atomic E-state index is 0.210. The van der Waals surface area contributed by atoms with Crippen molar-refractivity contribution in [3.63, 3.8) is 0 Å². The highest BCUT2D eigenvalue weighted by Gasteiger charge is 2.16. The third-order valence-corrected chi connectivity index (χ3v) is 4.10. The number of benzene rings is 1. The first-order valence-electron chi connectivity index (χ1n) is 7.75. The van der Waals surface area contributed by atoms with E-state index in [4.69, 9.17) is 15.2 Å². The molecule has 0 radical (unpaired) electrons. The molecule has 0 saturated carbocycles. The van der Waals surface area contributed by atoms with Gasteiger partial charge in [-0.25, -0.2) is 0 Å². The molecule has 1 aliphatic rings. The Balaban J connectivity index is 2.01. The van der Waals surface area contributed by atoms with E-state index in [2.05, 4.69) is 32.0 Å². The number of aryl methyl sites for hydroxylation is 1. The van der Waals surface area contributed by atoms with Crippen molar-refractivity contribution in [2.75, 3.05) is 19.8 Å². The number of nitrogens with two attached hydrogens (primary N) is 1. The highest BCUT2D eigenvalue weighted by atomic mass is 16.5. The van der Waals surface area contributed by atoms with Crippen molar-refractivity contribution >= 4 is 0 Å². The van der Waals surface area contributed by atoms with Gasteiger partial charge in [-0.1, -0.05) is 25.1 Å². The first-order chi connectivity index (χ1) is 9.70. The molecule has 1 aromatic carbocycles. The van der Waals surface area contributed by atoms with E-state index < -0.39 is 0 Å². The highest BCUT2D eigenvalue weighted by Crippen LogP contribution is 2.26. The first kappa shape index (κ1) is 15.3. The van der Waals surface area contributed by atoms with E-state index in [9.17, 15) is 0 Å². The Morgan fingerprint density at radius 3 is 2.80 bits per heavy atom. The van der Waals surface area contributed by atoms with Gasteiger partial charge in [-0.2, -0.15) is 0 Å². The molecule has 2 N–H and O–H groups in total. The van der Waals surface area contributed by atoms with E-state index >= 15 is 0 Å². The van der Waals surface area contributed by atoms with Crippen LogP contribution < -0.4 is 10.5 Å². The number of hydrogen-bond donors (Lipinski definition) is 1. The van der Waals surface area contributed by atoms with E-state index in [0.717, 1.165) is 51.3 Å². The number of hydrogen-bond acceptors (Lipinski definition) is 3. The lowest BCUT2D eigenvalue weighted by Gasteiger charge is -2.24. The molecular formula is C17H27NO2. The maximum Gasteiger partial charge on any atom is 0.125 e. The molecule has 1 saturated heterocycles. The third-order valence-electron chi connectivity index (χ3n) is 4.10. The van der Waals surface area contributed by atoms with Crippen molar-refractivity contribution in [1.82, 2.24) is 0 Å². The molecule has 1 aliphatic heterocycles. The molecule has 0 spiro atoms. The second-order valence-electron chi connectivity index (χ2n) is 5.80. The Bertz CT molecular complexity index is 413. The Morgan fingerprint density at radius 1 is 1.35 bits per heavy atom. The molecule has 0 aromatic heterocycles. The zero-order valence-corrected chi connectivity index (χ0v) is 12.7. The van der Waals surface area contributed by atoms with Gasteiger partial charge in [0.15, 0.2) is 0 Å². The lowest BCUT2D eigenvalue weighted by Crippen LogP contribution is -2.24. The van der Waals surface area contributed by atoms with Crippen molar-refractivity contribution < 1.29 is 9.47 Å². The Kier molecular flexibility index (Phi) is 5.86. The summed E-state index contributed by atoms with van der Waals surface area (Å²) in [5.41, 5.74) is 8.54. The van der Waals surface area contributed by atoms with Crippen molar-refractivity contribution in [2.45, 2.75) is 45.6 Å². The van der Waals surface area contributed by atoms with Gasteiger partial charge in [-0.05, 0) is 49.7 Å². The van der Waals surface area contributed by atoms with Gasteiger partial charge in [0.25, 0.3) is 0 Å². The van der Waals surface area contributed by atoms with E-state index in [1.54, 1.807) is 0 Å². The molecule has 1 heterocycles. The molecule has 0 amide bonds. The lowest BCUT2D eigenvalue weighted by atomic mass is 10.00. The molecule has 3 nitrogen and oxygen atoms in total. The summed E-state index contributed by atoms with van der Waals surface area (Å²) < 4.78 is 11.5. The zero-order chi connectivity index (χ0) is 14.4. The Hall–Kier alpha value is -1.06. The SMILES string of the molecule is CCC(N)Cc1cccc(C)c1OCC1CCOCC1. The maximum absolute atomic E-state index is 6.14. The molecular weight excluding hydrogens is 250 g/mol. The molecule has 1 fully saturated rings. The van der Waals surface area contributed by atoms with Gasteiger partial charge in [-0.3, -0.25) is 0 Å². The minimum atomic E-state index is 0.210. The van der Waals surface area contributed by atoms with Crippen molar-refractivity contribution in [1.29, 1.82) is 0 Å². The van der Waals surface area contributed by atoms with Crippen molar-refractivity contribution in [2.24, 2.45) is 11.7 Å². The van der Waals surface area contributed by atoms with Crippen LogP contribution in [0.15, 0.2) is 18.2 Å². The molecule has 0 bridgehead atoms. The fourth-order valence-electron chi connectivity index (χ4n) is 2.62. The van der Waals surface area contributed by atoms with Crippen LogP contribution in [-0.4, -0.2) is 25.9 Å². The summed E-state index contributed by atoms with van der Waals surface area (Å²) in [4.78, 5) is 0. The summed E-state index contributed by atoms with van der Waals surface area (Å²) in [5.74, 6) is 1.67. The molecule has 3 heteroatoms. The molecule has 1 aromatic rings. The van der Waals surface area contributed by atoms with Crippen LogP contribution in [0.1, 0.15) is 37.3 Å². The molecule has 1 atom stereocenters. The molecule has 112 valence electrons. The van der Waals surface area contributed by atoms with Crippen LogP contribution in [0, 0.1) is 12.8 Å². The third kappa shape index (κ3) is 4.22. The van der Waals surface area contributed by atoms with Crippen LogP contribution in [0.4, 0.5) is 0 Å². The lowest BCUT2D eigenvalue weighted by molar-refractivity contribution is 0.0495. The normalized spacial score (nSPS) is 17.9. The monoisotopic (exact) mass is 277 g/mol. The second-order valence-corrected chi connectivity index (χ2v) is 5.80. The summed E-state index contributed by atoms with van der Waals surface area (Å²) >= 11 is 0. The fourth-order valence-corrected chi connectivity index (χ4v) is 2.62. The van der Waals surface area contributed by atoms with E-state index in [-0.39, 0.29) is 6.04 Å². The number of ether oxygens (including phenoxy) is 2. The van der Waals surface area contributed by atoms with Gasteiger partial charge in [0.05, 0.1) is 6.61 Å². The summed E-state index contributed by atoms with van der Waals surface area (Å²) in [5, 5.41) is 0. The van der Waals surface area contributed by atoms with Gasteiger partial charge in [-0.15, -0.1) is 0 Å². The van der Waals surface area contributed by atoms with Crippen molar-refractivity contribution in [3.8, 4) is 5.75 Å². The number of rotatable bonds is 6. The Morgan fingerprint density at radius 2 is 2.10 bits per heavy atom. The standard InChI is InChI=1S/C17H27NO2/c1-3-16(18)11-15-6-4-5-13(2)17(15)20-12-14-7-9-19-10-8-14/h4-6,14,16H,3,7-12,18H2,1-2H3. The topological polar surface area (TPSA) is 44.5 Å². The smallest absolute Gasteiger partial charge is 0.125 e. The van der Waals surface area contributed by atoms with Crippen LogP contribution in [0.25, 0.3) is 0 Å². The largest absolute Gasteiger partial charge is 0.493 e. The van der Waals surface area contributed by atoms with E-state index in [0.29, 0.717) is 5.92 Å². The van der Waals surface area contributed by atoms with Gasteiger partial charge < -0.3 is 15.2 Å². The van der Waals surface area contributed by atoms with Gasteiger partial charge in [0.2, 0.25) is 0 Å². The van der Waals surface area contributed by atoms with Gasteiger partial charge >= 0.3 is 0 Å². The predicted octanol–water partition coefficient (Wildman–Crippen LogP) is 3.08. The zero-order valence-electron chi connectivity index (χ0n) is 12.7. The van der Waals surface area contributed by atoms with Crippen LogP contribution in [0.5, 0.6) is 5.75 Å². The summed E-state index contributed by atoms with van der Waals surface area (Å²) in [6.07, 6.45) is 4.10. The van der Waals surface area contributed by atoms with Crippen LogP contribution in [0.3, 0.4) is 0 Å². The summed E-state index contributed by atoms with van der Waals surface area (Å²) in [7, 11) is 0. The number of para-hydroxylation sites is 1. The van der Waals surface area contributed by atoms with Crippen LogP contribution in [0.2, 0.25) is 0 Å². The first-order valence-corrected chi connectivity index (χ1v) is 7.75. The van der Waals surface area contributed by atoms with Gasteiger partial charge in [0.1, 0.15) is 5.75 Å². The average Bonchev–Trinajstić information content (AvgIpc) is 2.47. The van der Waals surface area contributed by atoms with Crippen LogP contribution in [-0.2, 0) is 11.2 Å². The summed E-state index contributed by atoms with van der Waals surface area (Å²) in [6.45, 7) is 6.77. The highest BCUT2D eigenvalue weighted by molar-refractivity contribution is 5.41. The molecule has 2 rings (SSSR count). The Labute approximate surface area is 122 Å². The molecule has 20 heavy (non-hydrogen) atoms. The summed E-state index contributed by atoms with van der Waals surface area (Å²) in [6, 6.07) is 6.55. The second kappa shape index (κ2) is 7.65. The molecule has 0 aliphatic carbocycles. The predicted molar refractivity (Wildman–Crippen MR) is 82.2 cm³/mol. The quantitative estimate of drug-likeness (QED) is 0.869. The van der Waals surface area contributed by atoms with Crippen molar-refractivity contribution in [3.05, 3.63) is 29.3 Å².